The number of primary amides is 1. The average molecular weight is 266 g/mol. The fraction of sp³-hybridized carbons (Fsp3) is 0.462. The van der Waals surface area contributed by atoms with E-state index in [2.05, 4.69) is 5.32 Å². The van der Waals surface area contributed by atoms with Gasteiger partial charge in [0.05, 0.1) is 7.11 Å². The Hall–Kier alpha value is -1.95. The minimum absolute atomic E-state index is 0.161. The van der Waals surface area contributed by atoms with Crippen LogP contribution in [0.25, 0.3) is 0 Å². The van der Waals surface area contributed by atoms with E-state index in [1.165, 1.54) is 0 Å². The van der Waals surface area contributed by atoms with E-state index in [4.69, 9.17) is 19.9 Å². The second-order valence-electron chi connectivity index (χ2n) is 4.24. The maximum Gasteiger partial charge on any atom is 0.231 e. The van der Waals surface area contributed by atoms with E-state index >= 15 is 0 Å². The van der Waals surface area contributed by atoms with Gasteiger partial charge in [-0.1, -0.05) is 6.92 Å². The molecule has 3 N–H and O–H groups in total. The lowest BCUT2D eigenvalue weighted by atomic mass is 10.0. The summed E-state index contributed by atoms with van der Waals surface area (Å²) in [6, 6.07) is 3.52. The van der Waals surface area contributed by atoms with Crippen molar-refractivity contribution in [3.8, 4) is 17.2 Å². The molecule has 0 spiro atoms. The van der Waals surface area contributed by atoms with Gasteiger partial charge in [-0.15, -0.1) is 0 Å². The van der Waals surface area contributed by atoms with Crippen LogP contribution in [0.2, 0.25) is 0 Å². The molecule has 1 amide bonds. The van der Waals surface area contributed by atoms with E-state index in [1.807, 2.05) is 19.1 Å². The van der Waals surface area contributed by atoms with Crippen LogP contribution in [-0.2, 0) is 4.79 Å². The summed E-state index contributed by atoms with van der Waals surface area (Å²) in [5.41, 5.74) is 6.17. The monoisotopic (exact) mass is 266 g/mol. The molecular formula is C13H18N2O4. The van der Waals surface area contributed by atoms with Crippen LogP contribution in [0, 0.1) is 0 Å². The fourth-order valence-corrected chi connectivity index (χ4v) is 2.11. The molecule has 1 unspecified atom stereocenters. The van der Waals surface area contributed by atoms with Gasteiger partial charge in [-0.3, -0.25) is 4.79 Å². The molecule has 0 saturated heterocycles. The smallest absolute Gasteiger partial charge is 0.231 e. The Morgan fingerprint density at radius 2 is 2.32 bits per heavy atom. The van der Waals surface area contributed by atoms with Crippen LogP contribution in [-0.4, -0.2) is 26.4 Å². The number of carbonyl (C=O) groups excluding carboxylic acids is 1. The van der Waals surface area contributed by atoms with E-state index in [9.17, 15) is 4.79 Å². The van der Waals surface area contributed by atoms with Gasteiger partial charge in [-0.05, 0) is 24.2 Å². The number of amides is 1. The number of ether oxygens (including phenoxy) is 3. The highest BCUT2D eigenvalue weighted by atomic mass is 16.7. The standard InChI is InChI=1S/C13H18N2O4/c1-3-15-9(6-12(14)16)8-4-10(17-2)13-11(5-8)18-7-19-13/h4-5,9,15H,3,6-7H2,1-2H3,(H2,14,16). The first-order valence-electron chi connectivity index (χ1n) is 6.15. The van der Waals surface area contributed by atoms with Crippen LogP contribution >= 0.6 is 0 Å². The number of hydrogen-bond donors (Lipinski definition) is 2. The van der Waals surface area contributed by atoms with Gasteiger partial charge in [0.2, 0.25) is 18.4 Å². The van der Waals surface area contributed by atoms with Gasteiger partial charge in [0.15, 0.2) is 11.5 Å². The average Bonchev–Trinajstić information content (AvgIpc) is 2.84. The Labute approximate surface area is 111 Å². The molecule has 6 nitrogen and oxygen atoms in total. The van der Waals surface area contributed by atoms with E-state index in [1.54, 1.807) is 7.11 Å². The van der Waals surface area contributed by atoms with Crippen LogP contribution in [0.15, 0.2) is 12.1 Å². The molecular weight excluding hydrogens is 248 g/mol. The molecule has 0 saturated carbocycles. The van der Waals surface area contributed by atoms with E-state index in [0.717, 1.165) is 12.1 Å². The van der Waals surface area contributed by atoms with Gasteiger partial charge >= 0.3 is 0 Å². The largest absolute Gasteiger partial charge is 0.493 e. The normalized spacial score (nSPS) is 14.2. The lowest BCUT2D eigenvalue weighted by Crippen LogP contribution is -2.26. The SMILES string of the molecule is CCNC(CC(N)=O)c1cc(OC)c2c(c1)OCO2. The molecule has 0 bridgehead atoms. The van der Waals surface area contributed by atoms with Gasteiger partial charge in [-0.2, -0.15) is 0 Å². The minimum atomic E-state index is -0.359. The summed E-state index contributed by atoms with van der Waals surface area (Å²) in [6.45, 7) is 2.88. The Morgan fingerprint density at radius 1 is 1.53 bits per heavy atom. The highest BCUT2D eigenvalue weighted by molar-refractivity contribution is 5.75. The lowest BCUT2D eigenvalue weighted by molar-refractivity contribution is -0.118. The third-order valence-corrected chi connectivity index (χ3v) is 2.94. The van der Waals surface area contributed by atoms with Crippen LogP contribution in [0.4, 0.5) is 0 Å². The van der Waals surface area contributed by atoms with Crippen molar-refractivity contribution in [2.45, 2.75) is 19.4 Å². The zero-order valence-electron chi connectivity index (χ0n) is 11.1. The van der Waals surface area contributed by atoms with Crippen molar-refractivity contribution in [2.75, 3.05) is 20.4 Å². The molecule has 1 aliphatic heterocycles. The molecule has 104 valence electrons. The van der Waals surface area contributed by atoms with Gasteiger partial charge in [0.25, 0.3) is 0 Å². The third-order valence-electron chi connectivity index (χ3n) is 2.94. The van der Waals surface area contributed by atoms with Gasteiger partial charge in [0.1, 0.15) is 0 Å². The molecule has 0 radical (unpaired) electrons. The zero-order valence-corrected chi connectivity index (χ0v) is 11.1. The van der Waals surface area contributed by atoms with Crippen molar-refractivity contribution in [2.24, 2.45) is 5.73 Å². The van der Waals surface area contributed by atoms with Crippen molar-refractivity contribution in [3.05, 3.63) is 17.7 Å². The van der Waals surface area contributed by atoms with E-state index in [0.29, 0.717) is 17.2 Å². The van der Waals surface area contributed by atoms with Crippen LogP contribution in [0.3, 0.4) is 0 Å². The van der Waals surface area contributed by atoms with Crippen LogP contribution in [0.5, 0.6) is 17.2 Å². The molecule has 1 atom stereocenters. The van der Waals surface area contributed by atoms with Crippen molar-refractivity contribution < 1.29 is 19.0 Å². The van der Waals surface area contributed by atoms with Gasteiger partial charge in [-0.25, -0.2) is 0 Å². The third kappa shape index (κ3) is 2.90. The molecule has 0 fully saturated rings. The maximum atomic E-state index is 11.1. The van der Waals surface area contributed by atoms with Crippen molar-refractivity contribution in [1.82, 2.24) is 5.32 Å². The van der Waals surface area contributed by atoms with Crippen molar-refractivity contribution in [1.29, 1.82) is 0 Å². The summed E-state index contributed by atoms with van der Waals surface area (Å²) in [7, 11) is 1.57. The molecule has 1 aliphatic rings. The number of nitrogens with one attached hydrogen (secondary N) is 1. The van der Waals surface area contributed by atoms with E-state index in [-0.39, 0.29) is 25.2 Å². The fourth-order valence-electron chi connectivity index (χ4n) is 2.11. The summed E-state index contributed by atoms with van der Waals surface area (Å²) in [5.74, 6) is 1.46. The van der Waals surface area contributed by atoms with Crippen molar-refractivity contribution in [3.63, 3.8) is 0 Å². The van der Waals surface area contributed by atoms with Crippen molar-refractivity contribution >= 4 is 5.91 Å². The Bertz CT molecular complexity index is 476. The highest BCUT2D eigenvalue weighted by Crippen LogP contribution is 2.43. The summed E-state index contributed by atoms with van der Waals surface area (Å²) < 4.78 is 16.0. The summed E-state index contributed by atoms with van der Waals surface area (Å²) in [5, 5.41) is 3.22. The first-order chi connectivity index (χ1) is 9.15. The highest BCUT2D eigenvalue weighted by Gasteiger charge is 2.23. The second kappa shape index (κ2) is 5.79. The first-order valence-corrected chi connectivity index (χ1v) is 6.15. The quantitative estimate of drug-likeness (QED) is 0.801. The van der Waals surface area contributed by atoms with Gasteiger partial charge < -0.3 is 25.3 Å². The number of fused-ring (bicyclic) bond motifs is 1. The minimum Gasteiger partial charge on any atom is -0.493 e. The lowest BCUT2D eigenvalue weighted by Gasteiger charge is -2.18. The first kappa shape index (κ1) is 13.5. The molecule has 2 rings (SSSR count). The topological polar surface area (TPSA) is 82.8 Å². The molecule has 6 heteroatoms. The summed E-state index contributed by atoms with van der Waals surface area (Å²) in [6.07, 6.45) is 0.219. The number of rotatable bonds is 6. The van der Waals surface area contributed by atoms with Crippen LogP contribution < -0.4 is 25.3 Å². The Balaban J connectivity index is 2.34. The summed E-state index contributed by atoms with van der Waals surface area (Å²) in [4.78, 5) is 11.1. The number of nitrogens with two attached hydrogens (primary N) is 1. The van der Waals surface area contributed by atoms with Crippen LogP contribution in [0.1, 0.15) is 24.9 Å². The predicted molar refractivity (Wildman–Crippen MR) is 69.3 cm³/mol. The molecule has 19 heavy (non-hydrogen) atoms. The number of methoxy groups -OCH3 is 1. The Kier molecular flexibility index (Phi) is 4.11. The Morgan fingerprint density at radius 3 is 2.95 bits per heavy atom. The number of carbonyl (C=O) groups is 1. The molecule has 1 aromatic rings. The number of hydrogen-bond acceptors (Lipinski definition) is 5. The molecule has 1 heterocycles. The maximum absolute atomic E-state index is 11.1. The van der Waals surface area contributed by atoms with Gasteiger partial charge in [0, 0.05) is 12.5 Å². The zero-order chi connectivity index (χ0) is 13.8. The molecule has 0 aromatic heterocycles. The van der Waals surface area contributed by atoms with E-state index < -0.39 is 0 Å². The summed E-state index contributed by atoms with van der Waals surface area (Å²) >= 11 is 0. The molecule has 1 aromatic carbocycles. The second-order valence-corrected chi connectivity index (χ2v) is 4.24. The predicted octanol–water partition coefficient (Wildman–Crippen LogP) is 0.950. The molecule has 0 aliphatic carbocycles. The number of benzene rings is 1.